The van der Waals surface area contributed by atoms with E-state index in [9.17, 15) is 9.59 Å². The Balaban J connectivity index is 1.09. The van der Waals surface area contributed by atoms with Crippen molar-refractivity contribution in [2.75, 3.05) is 20.3 Å². The van der Waals surface area contributed by atoms with E-state index in [0.29, 0.717) is 48.7 Å². The van der Waals surface area contributed by atoms with Gasteiger partial charge in [0.25, 0.3) is 5.79 Å². The SMILES string of the molecule is COc1cc2c(cc1C)OC1(CC2(C)C)CC(C)(C)c2cc(OC(=O)c3ccc4c(c3)C3(COc5ccc(C(C)=O)cc53)CO4)c(C)cc2O1. The Morgan fingerprint density at radius 3 is 1.68 bits per heavy atom. The average Bonchev–Trinajstić information content (AvgIpc) is 3.61. The van der Waals surface area contributed by atoms with Crippen molar-refractivity contribution in [3.63, 3.8) is 0 Å². The van der Waals surface area contributed by atoms with Crippen LogP contribution >= 0.6 is 0 Å². The van der Waals surface area contributed by atoms with Crippen LogP contribution in [0.2, 0.25) is 0 Å². The van der Waals surface area contributed by atoms with Crippen LogP contribution in [-0.4, -0.2) is 37.9 Å². The summed E-state index contributed by atoms with van der Waals surface area (Å²) in [6.07, 6.45) is 1.27. The number of aryl methyl sites for hydroxylation is 2. The van der Waals surface area contributed by atoms with Gasteiger partial charge in [-0.25, -0.2) is 4.79 Å². The largest absolute Gasteiger partial charge is 0.496 e. The van der Waals surface area contributed by atoms with E-state index in [-0.39, 0.29) is 16.6 Å². The molecule has 8 nitrogen and oxygen atoms in total. The maximum atomic E-state index is 13.8. The lowest BCUT2D eigenvalue weighted by molar-refractivity contribution is -0.166. The lowest BCUT2D eigenvalue weighted by atomic mass is 9.69. The van der Waals surface area contributed by atoms with E-state index in [4.69, 9.17) is 28.4 Å². The van der Waals surface area contributed by atoms with Crippen molar-refractivity contribution in [1.82, 2.24) is 0 Å². The molecule has 2 unspecified atom stereocenters. The molecule has 4 aromatic rings. The molecule has 2 spiro atoms. The Kier molecular flexibility index (Phi) is 6.94. The van der Waals surface area contributed by atoms with Gasteiger partial charge in [0.2, 0.25) is 0 Å². The summed E-state index contributed by atoms with van der Waals surface area (Å²) in [6, 6.07) is 18.9. The number of rotatable bonds is 4. The van der Waals surface area contributed by atoms with Gasteiger partial charge in [0.05, 0.1) is 18.1 Å². The van der Waals surface area contributed by atoms with Crippen LogP contribution in [0.15, 0.2) is 60.7 Å². The van der Waals surface area contributed by atoms with Crippen molar-refractivity contribution in [2.24, 2.45) is 0 Å². The van der Waals surface area contributed by atoms with Gasteiger partial charge in [0.1, 0.15) is 47.7 Å². The number of hydrogen-bond donors (Lipinski definition) is 0. The summed E-state index contributed by atoms with van der Waals surface area (Å²) in [5.74, 6) is 2.91. The number of methoxy groups -OCH3 is 1. The molecule has 4 heterocycles. The molecule has 4 aliphatic heterocycles. The van der Waals surface area contributed by atoms with Crippen LogP contribution in [0.1, 0.15) is 102 Å². The minimum Gasteiger partial charge on any atom is -0.496 e. The van der Waals surface area contributed by atoms with E-state index in [1.807, 2.05) is 56.3 Å². The molecule has 0 bridgehead atoms. The molecule has 0 saturated carbocycles. The topological polar surface area (TPSA) is 89.5 Å². The number of fused-ring (bicyclic) bond motifs is 6. The van der Waals surface area contributed by atoms with Crippen molar-refractivity contribution in [2.45, 2.75) is 83.3 Å². The molecule has 8 heteroatoms. The van der Waals surface area contributed by atoms with Crippen molar-refractivity contribution >= 4 is 11.8 Å². The summed E-state index contributed by atoms with van der Waals surface area (Å²) in [5, 5.41) is 0. The second-order valence-electron chi connectivity index (χ2n) is 15.7. The normalized spacial score (nSPS) is 23.0. The quantitative estimate of drug-likeness (QED) is 0.121. The molecule has 0 amide bonds. The first-order chi connectivity index (χ1) is 23.6. The summed E-state index contributed by atoms with van der Waals surface area (Å²) in [6.45, 7) is 15.0. The average molecular weight is 675 g/mol. The monoisotopic (exact) mass is 674 g/mol. The predicted molar refractivity (Wildman–Crippen MR) is 188 cm³/mol. The van der Waals surface area contributed by atoms with Gasteiger partial charge >= 0.3 is 5.97 Å². The maximum absolute atomic E-state index is 13.8. The molecule has 0 aliphatic carbocycles. The van der Waals surface area contributed by atoms with E-state index in [0.717, 1.165) is 56.4 Å². The Morgan fingerprint density at radius 2 is 1.14 bits per heavy atom. The zero-order valence-corrected chi connectivity index (χ0v) is 29.9. The van der Waals surface area contributed by atoms with Crippen molar-refractivity contribution in [1.29, 1.82) is 0 Å². The Labute approximate surface area is 292 Å². The highest BCUT2D eigenvalue weighted by molar-refractivity contribution is 5.95. The number of ketones is 1. The molecule has 4 aliphatic rings. The number of carbonyl (C=O) groups excluding carboxylic acids is 2. The smallest absolute Gasteiger partial charge is 0.343 e. The van der Waals surface area contributed by atoms with Gasteiger partial charge in [0.15, 0.2) is 5.78 Å². The van der Waals surface area contributed by atoms with E-state index in [1.165, 1.54) is 0 Å². The number of carbonyl (C=O) groups is 2. The molecule has 0 radical (unpaired) electrons. The van der Waals surface area contributed by atoms with E-state index < -0.39 is 17.2 Å². The first-order valence-corrected chi connectivity index (χ1v) is 17.1. The molecular formula is C42H42O8. The molecule has 2 atom stereocenters. The second-order valence-corrected chi connectivity index (χ2v) is 15.7. The Morgan fingerprint density at radius 1 is 0.640 bits per heavy atom. The summed E-state index contributed by atoms with van der Waals surface area (Å²) in [4.78, 5) is 26.0. The molecule has 4 aromatic carbocycles. The van der Waals surface area contributed by atoms with Crippen LogP contribution in [0.25, 0.3) is 0 Å². The summed E-state index contributed by atoms with van der Waals surface area (Å²) in [5.41, 5.74) is 5.39. The van der Waals surface area contributed by atoms with E-state index in [2.05, 4.69) is 33.8 Å². The molecule has 0 N–H and O–H groups in total. The third-order valence-corrected chi connectivity index (χ3v) is 11.0. The van der Waals surface area contributed by atoms with Crippen LogP contribution in [0.4, 0.5) is 0 Å². The fourth-order valence-electron chi connectivity index (χ4n) is 8.51. The fraction of sp³-hybridized carbons (Fsp3) is 0.381. The Hall–Kier alpha value is -4.98. The Bertz CT molecular complexity index is 2120. The van der Waals surface area contributed by atoms with Crippen LogP contribution in [-0.2, 0) is 16.2 Å². The molecular weight excluding hydrogens is 632 g/mol. The predicted octanol–water partition coefficient (Wildman–Crippen LogP) is 8.32. The third-order valence-electron chi connectivity index (χ3n) is 11.0. The number of Topliss-reactive ketones (excluding diaryl/α,β-unsaturated/α-hetero) is 1. The number of hydrogen-bond acceptors (Lipinski definition) is 8. The minimum atomic E-state index is -0.866. The molecule has 8 rings (SSSR count). The number of ether oxygens (including phenoxy) is 6. The van der Waals surface area contributed by atoms with E-state index >= 15 is 0 Å². The summed E-state index contributed by atoms with van der Waals surface area (Å²) < 4.78 is 37.5. The van der Waals surface area contributed by atoms with Gasteiger partial charge in [-0.3, -0.25) is 4.79 Å². The first kappa shape index (κ1) is 32.2. The minimum absolute atomic E-state index is 0.0213. The van der Waals surface area contributed by atoms with Gasteiger partial charge in [-0.05, 0) is 92.6 Å². The van der Waals surface area contributed by atoms with Crippen molar-refractivity contribution in [3.05, 3.63) is 105 Å². The van der Waals surface area contributed by atoms with Crippen LogP contribution in [0, 0.1) is 13.8 Å². The number of benzene rings is 4. The number of esters is 1. The van der Waals surface area contributed by atoms with Gasteiger partial charge in [-0.1, -0.05) is 27.7 Å². The van der Waals surface area contributed by atoms with E-state index in [1.54, 1.807) is 26.2 Å². The maximum Gasteiger partial charge on any atom is 0.343 e. The zero-order chi connectivity index (χ0) is 35.4. The summed E-state index contributed by atoms with van der Waals surface area (Å²) >= 11 is 0. The summed E-state index contributed by atoms with van der Waals surface area (Å²) in [7, 11) is 1.69. The fourth-order valence-corrected chi connectivity index (χ4v) is 8.51. The zero-order valence-electron chi connectivity index (χ0n) is 29.9. The second kappa shape index (κ2) is 10.8. The third kappa shape index (κ3) is 4.86. The first-order valence-electron chi connectivity index (χ1n) is 17.1. The van der Waals surface area contributed by atoms with Crippen LogP contribution in [0.3, 0.4) is 0 Å². The highest BCUT2D eigenvalue weighted by atomic mass is 16.7. The highest BCUT2D eigenvalue weighted by Gasteiger charge is 2.54. The molecule has 258 valence electrons. The van der Waals surface area contributed by atoms with Crippen LogP contribution < -0.4 is 28.4 Å². The van der Waals surface area contributed by atoms with Gasteiger partial charge in [-0.2, -0.15) is 0 Å². The molecule has 0 saturated heterocycles. The molecule has 0 aromatic heterocycles. The molecule has 50 heavy (non-hydrogen) atoms. The highest BCUT2D eigenvalue weighted by Crippen LogP contribution is 2.55. The van der Waals surface area contributed by atoms with Crippen molar-refractivity contribution in [3.8, 4) is 34.5 Å². The lowest BCUT2D eigenvalue weighted by Crippen LogP contribution is -2.55. The van der Waals surface area contributed by atoms with Gasteiger partial charge in [0, 0.05) is 51.5 Å². The lowest BCUT2D eigenvalue weighted by Gasteiger charge is -2.51. The standard InChI is InChI=1S/C42H42O8/c1-23-13-36-28(17-34(23)45-8)39(4,5)19-42(49-36)20-40(6,7)29-18-35(24(2)14-37(29)50-42)48-38(44)27-10-12-33-31(16-27)41(22-47-33)21-46-32-11-9-26(25(3)43)15-30(32)41/h9-18H,19-22H2,1-8H3. The molecule has 0 fully saturated rings. The van der Waals surface area contributed by atoms with Crippen LogP contribution in [0.5, 0.6) is 34.5 Å². The van der Waals surface area contributed by atoms with Crippen molar-refractivity contribution < 1.29 is 38.0 Å². The van der Waals surface area contributed by atoms with Gasteiger partial charge < -0.3 is 28.4 Å². The van der Waals surface area contributed by atoms with Gasteiger partial charge in [-0.15, -0.1) is 0 Å².